The number of aliphatic hydroxyl groups excluding tert-OH is 2. The topological polar surface area (TPSA) is 98.7 Å². The number of carbonyl (C=O) groups is 2. The molecular weight excluding hydrogens is 918 g/mol. The second-order valence-electron chi connectivity index (χ2n) is 12.2. The van der Waals surface area contributed by atoms with Crippen molar-refractivity contribution in [2.45, 2.75) is 26.7 Å². The van der Waals surface area contributed by atoms with Gasteiger partial charge in [0.1, 0.15) is 0 Å². The first-order valence-electron chi connectivity index (χ1n) is 16.9. The maximum absolute atomic E-state index is 12.8. The van der Waals surface area contributed by atoms with E-state index < -0.39 is 0 Å². The van der Waals surface area contributed by atoms with Gasteiger partial charge in [0.2, 0.25) is 0 Å². The average Bonchev–Trinajstić information content (AvgIpc) is 3.14. The number of rotatable bonds is 12. The fourth-order valence-corrected chi connectivity index (χ4v) is 6.30. The predicted molar refractivity (Wildman–Crippen MR) is 213 cm³/mol. The van der Waals surface area contributed by atoms with Gasteiger partial charge in [0.15, 0.2) is 11.6 Å². The summed E-state index contributed by atoms with van der Waals surface area (Å²) in [5.74, 6) is -0.166. The molecule has 0 fully saturated rings. The van der Waals surface area contributed by atoms with Crippen molar-refractivity contribution in [1.29, 1.82) is 0 Å². The molecule has 6 aromatic carbocycles. The Bertz CT molecular complexity index is 2040. The number of halogens is 2. The molecule has 0 atom stereocenters. The van der Waals surface area contributed by atoms with E-state index >= 15 is 0 Å². The van der Waals surface area contributed by atoms with Crippen LogP contribution in [0.15, 0.2) is 133 Å². The molecule has 0 heterocycles. The normalized spacial score (nSPS) is 10.4. The molecule has 4 N–H and O–H groups in total. The number of aryl methyl sites for hydroxylation is 2. The summed E-state index contributed by atoms with van der Waals surface area (Å²) in [7, 11) is 0. The molecule has 9 heteroatoms. The van der Waals surface area contributed by atoms with Crippen LogP contribution in [0.5, 0.6) is 0 Å². The number of nitrogens with one attached hydrogen (secondary N) is 2. The zero-order valence-corrected chi connectivity index (χ0v) is 35.8. The Labute approximate surface area is 356 Å². The molecule has 1 radical (unpaired) electrons. The van der Waals surface area contributed by atoms with Crippen LogP contribution in [0.25, 0.3) is 0 Å². The van der Waals surface area contributed by atoms with Crippen LogP contribution in [-0.2, 0) is 12.8 Å². The third-order valence-corrected chi connectivity index (χ3v) is 9.19. The molecular formula is C44H40AcCl2N2O4. The summed E-state index contributed by atoms with van der Waals surface area (Å²) in [6.45, 7) is 4.00. The number of anilines is 4. The number of benzene rings is 6. The second kappa shape index (κ2) is 20.6. The molecule has 0 bridgehead atoms. The molecule has 0 unspecified atom stereocenters. The minimum atomic E-state index is -0.0830. The Morgan fingerprint density at radius 3 is 1.23 bits per heavy atom. The molecule has 0 spiro atoms. The van der Waals surface area contributed by atoms with Crippen LogP contribution in [0.4, 0.5) is 22.7 Å². The number of hydrogen-bond donors (Lipinski definition) is 4. The molecule has 53 heavy (non-hydrogen) atoms. The van der Waals surface area contributed by atoms with E-state index in [1.807, 2.05) is 123 Å². The van der Waals surface area contributed by atoms with E-state index in [-0.39, 0.29) is 68.8 Å². The summed E-state index contributed by atoms with van der Waals surface area (Å²) in [4.78, 5) is 25.5. The van der Waals surface area contributed by atoms with E-state index in [1.54, 1.807) is 24.3 Å². The standard InChI is InChI=1S/2C22H20ClNO2.Ac/c2*1-15-6-2-4-8-18(15)22(26)19-11-10-17(14-20(19)23)24-21-9-5-3-7-16(21)12-13-25;/h2*2-11,14,24-25H,12-13H2,1H3;. The van der Waals surface area contributed by atoms with Crippen LogP contribution >= 0.6 is 23.2 Å². The first kappa shape index (κ1) is 42.0. The number of para-hydroxylation sites is 2. The van der Waals surface area contributed by atoms with E-state index in [9.17, 15) is 19.8 Å². The van der Waals surface area contributed by atoms with Crippen molar-refractivity contribution in [3.8, 4) is 0 Å². The summed E-state index contributed by atoms with van der Waals surface area (Å²) in [5.41, 5.74) is 9.58. The van der Waals surface area contributed by atoms with Crippen LogP contribution in [0.3, 0.4) is 0 Å². The summed E-state index contributed by atoms with van der Waals surface area (Å²) < 4.78 is 0. The van der Waals surface area contributed by atoms with E-state index in [4.69, 9.17) is 23.2 Å². The van der Waals surface area contributed by atoms with Crippen LogP contribution in [0.1, 0.15) is 54.1 Å². The van der Waals surface area contributed by atoms with Crippen molar-refractivity contribution in [1.82, 2.24) is 0 Å². The molecule has 6 aromatic rings. The van der Waals surface area contributed by atoms with Crippen molar-refractivity contribution in [2.75, 3.05) is 23.8 Å². The summed E-state index contributed by atoms with van der Waals surface area (Å²) in [5, 5.41) is 25.8. The fourth-order valence-electron chi connectivity index (χ4n) is 5.77. The van der Waals surface area contributed by atoms with E-state index in [0.717, 1.165) is 45.0 Å². The smallest absolute Gasteiger partial charge is 0.194 e. The number of aliphatic hydroxyl groups is 2. The Kier molecular flexibility index (Phi) is 16.3. The molecule has 0 amide bonds. The number of carbonyl (C=O) groups excluding carboxylic acids is 2. The third-order valence-electron chi connectivity index (χ3n) is 8.56. The Morgan fingerprint density at radius 1 is 0.509 bits per heavy atom. The predicted octanol–water partition coefficient (Wildman–Crippen LogP) is 10.3. The Hall–Kier alpha value is -3.80. The average molecular weight is 959 g/mol. The Morgan fingerprint density at radius 2 is 0.868 bits per heavy atom. The van der Waals surface area contributed by atoms with Crippen LogP contribution < -0.4 is 10.6 Å². The van der Waals surface area contributed by atoms with Crippen molar-refractivity contribution < 1.29 is 63.9 Å². The van der Waals surface area contributed by atoms with Crippen molar-refractivity contribution in [3.05, 3.63) is 188 Å². The minimum Gasteiger partial charge on any atom is -0.396 e. The molecule has 6 nitrogen and oxygen atoms in total. The van der Waals surface area contributed by atoms with Gasteiger partial charge >= 0.3 is 0 Å². The van der Waals surface area contributed by atoms with Crippen LogP contribution in [-0.4, -0.2) is 35.0 Å². The summed E-state index contributed by atoms with van der Waals surface area (Å²) >= 11 is 12.8. The molecule has 6 rings (SSSR count). The van der Waals surface area contributed by atoms with Gasteiger partial charge in [-0.2, -0.15) is 0 Å². The van der Waals surface area contributed by atoms with Gasteiger partial charge in [-0.1, -0.05) is 108 Å². The SMILES string of the molecule is Cc1ccccc1C(=O)c1ccc(Nc2ccccc2CCO)cc1Cl.Cc1ccccc1C(=O)c1ccc(Nc2ccccc2CCO)cc1Cl.[Ac]. The monoisotopic (exact) mass is 957 g/mol. The minimum absolute atomic E-state index is 0. The van der Waals surface area contributed by atoms with Crippen LogP contribution in [0, 0.1) is 57.9 Å². The maximum atomic E-state index is 12.8. The summed E-state index contributed by atoms with van der Waals surface area (Å²) in [6, 6.07) is 41.2. The maximum Gasteiger partial charge on any atom is 0.194 e. The first-order chi connectivity index (χ1) is 25.2. The van der Waals surface area contributed by atoms with Gasteiger partial charge < -0.3 is 20.8 Å². The Balaban J connectivity index is 0.000000232. The van der Waals surface area contributed by atoms with Gasteiger partial charge in [0.25, 0.3) is 0 Å². The molecule has 0 aliphatic heterocycles. The van der Waals surface area contributed by atoms with Gasteiger partial charge in [0.05, 0.1) is 10.0 Å². The van der Waals surface area contributed by atoms with Crippen molar-refractivity contribution in [3.63, 3.8) is 0 Å². The fraction of sp³-hybridized carbons (Fsp3) is 0.136. The molecule has 0 aliphatic rings. The van der Waals surface area contributed by atoms with Gasteiger partial charge in [-0.15, -0.1) is 0 Å². The van der Waals surface area contributed by atoms with E-state index in [2.05, 4.69) is 10.6 Å². The largest absolute Gasteiger partial charge is 0.396 e. The second-order valence-corrected chi connectivity index (χ2v) is 13.0. The van der Waals surface area contributed by atoms with E-state index in [1.165, 1.54) is 0 Å². The zero-order chi connectivity index (χ0) is 37.0. The molecule has 0 saturated carbocycles. The third kappa shape index (κ3) is 11.1. The van der Waals surface area contributed by atoms with Gasteiger partial charge in [0, 0.05) is 102 Å². The van der Waals surface area contributed by atoms with E-state index in [0.29, 0.717) is 45.1 Å². The number of ketones is 2. The number of hydrogen-bond acceptors (Lipinski definition) is 6. The van der Waals surface area contributed by atoms with Crippen LogP contribution in [0.2, 0.25) is 10.0 Å². The van der Waals surface area contributed by atoms with Crippen molar-refractivity contribution >= 4 is 57.5 Å². The molecule has 0 aromatic heterocycles. The molecule has 0 saturated heterocycles. The molecule has 0 aliphatic carbocycles. The van der Waals surface area contributed by atoms with Gasteiger partial charge in [-0.25, -0.2) is 0 Å². The van der Waals surface area contributed by atoms with Gasteiger partial charge in [-0.3, -0.25) is 9.59 Å². The summed E-state index contributed by atoms with van der Waals surface area (Å²) in [6.07, 6.45) is 1.14. The van der Waals surface area contributed by atoms with Crippen molar-refractivity contribution in [2.24, 2.45) is 0 Å². The molecule has 267 valence electrons. The quantitative estimate of drug-likeness (QED) is 0.0913. The first-order valence-corrected chi connectivity index (χ1v) is 17.7. The zero-order valence-electron chi connectivity index (χ0n) is 29.6. The van der Waals surface area contributed by atoms with Gasteiger partial charge in [-0.05, 0) is 97.5 Å².